The Morgan fingerprint density at radius 2 is 1.74 bits per heavy atom. The van der Waals surface area contributed by atoms with E-state index >= 15 is 0 Å². The molecule has 0 radical (unpaired) electrons. The van der Waals surface area contributed by atoms with Crippen molar-refractivity contribution in [2.45, 2.75) is 51.6 Å². The first-order valence-electron chi connectivity index (χ1n) is 7.54. The van der Waals surface area contributed by atoms with Crippen molar-refractivity contribution in [2.75, 3.05) is 0 Å². The summed E-state index contributed by atoms with van der Waals surface area (Å²) in [5.41, 5.74) is 5.82. The molecule has 2 atom stereocenters. The highest BCUT2D eigenvalue weighted by Crippen LogP contribution is 2.31. The lowest BCUT2D eigenvalue weighted by molar-refractivity contribution is -0.136. The smallest absolute Gasteiger partial charge is 0.326 e. The third kappa shape index (κ3) is 2.81. The van der Waals surface area contributed by atoms with Crippen molar-refractivity contribution in [3.8, 4) is 0 Å². The van der Waals surface area contributed by atoms with Crippen LogP contribution in [0.2, 0.25) is 0 Å². The molecule has 1 heterocycles. The van der Waals surface area contributed by atoms with Crippen LogP contribution in [0.25, 0.3) is 0 Å². The molecule has 1 aromatic carbocycles. The van der Waals surface area contributed by atoms with E-state index in [0.717, 1.165) is 10.5 Å². The van der Waals surface area contributed by atoms with Gasteiger partial charge in [-0.2, -0.15) is 0 Å². The number of nitrogens with zero attached hydrogens (tertiary/aromatic N) is 1. The molecule has 124 valence electrons. The molecule has 1 aliphatic heterocycles. The first kappa shape index (κ1) is 17.0. The number of hydrogen-bond acceptors (Lipinski definition) is 3. The van der Waals surface area contributed by atoms with Gasteiger partial charge in [-0.05, 0) is 30.4 Å². The topological polar surface area (TPSA) is 92.5 Å². The predicted molar refractivity (Wildman–Crippen MR) is 86.5 cm³/mol. The number of primary amides is 1. The number of urea groups is 1. The molecule has 4 amide bonds. The van der Waals surface area contributed by atoms with Gasteiger partial charge in [0.15, 0.2) is 0 Å². The second kappa shape index (κ2) is 5.37. The summed E-state index contributed by atoms with van der Waals surface area (Å²) in [6.45, 7) is 9.37. The van der Waals surface area contributed by atoms with Gasteiger partial charge in [-0.3, -0.25) is 9.59 Å². The van der Waals surface area contributed by atoms with E-state index in [1.54, 1.807) is 6.92 Å². The van der Waals surface area contributed by atoms with Crippen LogP contribution < -0.4 is 11.1 Å². The average Bonchev–Trinajstić information content (AvgIpc) is 2.68. The lowest BCUT2D eigenvalue weighted by atomic mass is 9.84. The van der Waals surface area contributed by atoms with Gasteiger partial charge >= 0.3 is 6.03 Å². The number of amides is 4. The molecule has 0 saturated carbocycles. The van der Waals surface area contributed by atoms with Crippen LogP contribution in [0.4, 0.5) is 4.79 Å². The summed E-state index contributed by atoms with van der Waals surface area (Å²) in [6, 6.07) is 5.95. The number of benzene rings is 1. The molecule has 1 saturated heterocycles. The summed E-state index contributed by atoms with van der Waals surface area (Å²) in [5, 5.41) is 2.67. The fraction of sp³-hybridized carbons (Fsp3) is 0.471. The largest absolute Gasteiger partial charge is 0.368 e. The lowest BCUT2D eigenvalue weighted by Gasteiger charge is -2.25. The van der Waals surface area contributed by atoms with E-state index in [2.05, 4.69) is 26.1 Å². The second-order valence-corrected chi connectivity index (χ2v) is 7.14. The quantitative estimate of drug-likeness (QED) is 0.830. The molecular formula is C17H23N3O3. The van der Waals surface area contributed by atoms with Gasteiger partial charge in [0.1, 0.15) is 11.6 Å². The predicted octanol–water partition coefficient (Wildman–Crippen LogP) is 1.62. The van der Waals surface area contributed by atoms with Gasteiger partial charge < -0.3 is 11.1 Å². The Labute approximate surface area is 136 Å². The van der Waals surface area contributed by atoms with Crippen molar-refractivity contribution in [3.63, 3.8) is 0 Å². The Kier molecular flexibility index (Phi) is 3.96. The van der Waals surface area contributed by atoms with Crippen LogP contribution in [0.3, 0.4) is 0 Å². The van der Waals surface area contributed by atoms with Crippen LogP contribution in [-0.2, 0) is 20.5 Å². The number of carbonyl (C=O) groups excluding carboxylic acids is 3. The SMILES string of the molecule is CC(C(N)=O)N1C(=O)NC(C)(c2ccc(C(C)(C)C)cc2)C1=O. The molecule has 2 unspecified atom stereocenters. The van der Waals surface area contributed by atoms with Gasteiger partial charge in [-0.1, -0.05) is 45.0 Å². The third-order valence-corrected chi connectivity index (χ3v) is 4.35. The molecule has 6 nitrogen and oxygen atoms in total. The van der Waals surface area contributed by atoms with Crippen LogP contribution in [0.1, 0.15) is 45.7 Å². The minimum absolute atomic E-state index is 0.00507. The Hall–Kier alpha value is -2.37. The van der Waals surface area contributed by atoms with Gasteiger partial charge in [0.2, 0.25) is 5.91 Å². The maximum Gasteiger partial charge on any atom is 0.326 e. The van der Waals surface area contributed by atoms with Crippen molar-refractivity contribution in [1.82, 2.24) is 10.2 Å². The highest BCUT2D eigenvalue weighted by atomic mass is 16.2. The number of nitrogens with two attached hydrogens (primary N) is 1. The average molecular weight is 317 g/mol. The molecule has 1 aliphatic rings. The van der Waals surface area contributed by atoms with Crippen LogP contribution >= 0.6 is 0 Å². The maximum atomic E-state index is 12.7. The molecule has 0 aromatic heterocycles. The fourth-order valence-corrected chi connectivity index (χ4v) is 2.64. The van der Waals surface area contributed by atoms with Crippen LogP contribution in [-0.4, -0.2) is 28.8 Å². The monoisotopic (exact) mass is 317 g/mol. The number of carbonyl (C=O) groups is 3. The van der Waals surface area contributed by atoms with Gasteiger partial charge in [0.05, 0.1) is 0 Å². The molecule has 2 rings (SSSR count). The fourth-order valence-electron chi connectivity index (χ4n) is 2.64. The minimum atomic E-state index is -1.20. The summed E-state index contributed by atoms with van der Waals surface area (Å²) in [6.07, 6.45) is 0. The van der Waals surface area contributed by atoms with Crippen molar-refractivity contribution in [2.24, 2.45) is 5.73 Å². The van der Waals surface area contributed by atoms with E-state index in [0.29, 0.717) is 5.56 Å². The Morgan fingerprint density at radius 3 is 2.17 bits per heavy atom. The first-order chi connectivity index (χ1) is 10.5. The lowest BCUT2D eigenvalue weighted by Crippen LogP contribution is -2.47. The van der Waals surface area contributed by atoms with Crippen molar-refractivity contribution in [1.29, 1.82) is 0 Å². The Balaban J connectivity index is 2.38. The van der Waals surface area contributed by atoms with E-state index in [9.17, 15) is 14.4 Å². The van der Waals surface area contributed by atoms with Gasteiger partial charge in [0, 0.05) is 0 Å². The standard InChI is InChI=1S/C17H23N3O3/c1-10(13(18)21)20-14(22)17(5,19-15(20)23)12-8-6-11(7-9-12)16(2,3)4/h6-10H,1-5H3,(H2,18,21)(H,19,23). The zero-order valence-corrected chi connectivity index (χ0v) is 14.1. The highest BCUT2D eigenvalue weighted by Gasteiger charge is 2.51. The summed E-state index contributed by atoms with van der Waals surface area (Å²) >= 11 is 0. The summed E-state index contributed by atoms with van der Waals surface area (Å²) in [5.74, 6) is -1.20. The van der Waals surface area contributed by atoms with Crippen molar-refractivity contribution < 1.29 is 14.4 Å². The third-order valence-electron chi connectivity index (χ3n) is 4.35. The maximum absolute atomic E-state index is 12.7. The molecule has 1 fully saturated rings. The number of hydrogen-bond donors (Lipinski definition) is 2. The van der Waals surface area contributed by atoms with Crippen molar-refractivity contribution >= 4 is 17.8 Å². The summed E-state index contributed by atoms with van der Waals surface area (Å²) in [4.78, 5) is 37.0. The normalized spacial score (nSPS) is 22.9. The first-order valence-corrected chi connectivity index (χ1v) is 7.54. The van der Waals surface area contributed by atoms with E-state index in [-0.39, 0.29) is 5.41 Å². The van der Waals surface area contributed by atoms with E-state index in [4.69, 9.17) is 5.73 Å². The van der Waals surface area contributed by atoms with E-state index in [1.807, 2.05) is 24.3 Å². The van der Waals surface area contributed by atoms with E-state index in [1.165, 1.54) is 6.92 Å². The second-order valence-electron chi connectivity index (χ2n) is 7.14. The molecule has 23 heavy (non-hydrogen) atoms. The number of nitrogens with one attached hydrogen (secondary N) is 1. The zero-order valence-electron chi connectivity index (χ0n) is 14.1. The summed E-state index contributed by atoms with van der Waals surface area (Å²) in [7, 11) is 0. The van der Waals surface area contributed by atoms with Crippen LogP contribution in [0.15, 0.2) is 24.3 Å². The molecule has 3 N–H and O–H groups in total. The zero-order chi connectivity index (χ0) is 17.6. The Morgan fingerprint density at radius 1 is 1.22 bits per heavy atom. The highest BCUT2D eigenvalue weighted by molar-refractivity contribution is 6.09. The van der Waals surface area contributed by atoms with Crippen LogP contribution in [0, 0.1) is 0 Å². The molecule has 0 bridgehead atoms. The molecule has 0 aliphatic carbocycles. The molecular weight excluding hydrogens is 294 g/mol. The van der Waals surface area contributed by atoms with E-state index < -0.39 is 29.4 Å². The van der Waals surface area contributed by atoms with Gasteiger partial charge in [-0.15, -0.1) is 0 Å². The molecule has 0 spiro atoms. The Bertz CT molecular complexity index is 661. The van der Waals surface area contributed by atoms with Gasteiger partial charge in [-0.25, -0.2) is 9.69 Å². The number of rotatable bonds is 3. The van der Waals surface area contributed by atoms with Crippen LogP contribution in [0.5, 0.6) is 0 Å². The molecule has 1 aromatic rings. The van der Waals surface area contributed by atoms with Crippen molar-refractivity contribution in [3.05, 3.63) is 35.4 Å². The number of imide groups is 1. The summed E-state index contributed by atoms with van der Waals surface area (Å²) < 4.78 is 0. The van der Waals surface area contributed by atoms with Gasteiger partial charge in [0.25, 0.3) is 5.91 Å². The molecule has 6 heteroatoms. The minimum Gasteiger partial charge on any atom is -0.368 e.